The summed E-state index contributed by atoms with van der Waals surface area (Å²) in [5.74, 6) is 2.33. The van der Waals surface area contributed by atoms with Gasteiger partial charge in [-0.3, -0.25) is 4.79 Å². The van der Waals surface area contributed by atoms with Crippen LogP contribution in [0.5, 0.6) is 0 Å². The zero-order valence-corrected chi connectivity index (χ0v) is 15.4. The SMILES string of the molecule is CC(C)c1nnc(SCC(=O)Nc2ccnn2C(C)C)n1C1CC1. The van der Waals surface area contributed by atoms with Crippen molar-refractivity contribution in [2.24, 2.45) is 0 Å². The smallest absolute Gasteiger partial charge is 0.235 e. The highest BCUT2D eigenvalue weighted by Crippen LogP contribution is 2.40. The predicted molar refractivity (Wildman–Crippen MR) is 94.3 cm³/mol. The quantitative estimate of drug-likeness (QED) is 0.777. The maximum Gasteiger partial charge on any atom is 0.235 e. The molecule has 2 heterocycles. The van der Waals surface area contributed by atoms with Gasteiger partial charge in [-0.25, -0.2) is 4.68 Å². The molecule has 0 radical (unpaired) electrons. The summed E-state index contributed by atoms with van der Waals surface area (Å²) >= 11 is 1.45. The lowest BCUT2D eigenvalue weighted by molar-refractivity contribution is -0.113. The minimum absolute atomic E-state index is 0.0566. The topological polar surface area (TPSA) is 77.6 Å². The summed E-state index contributed by atoms with van der Waals surface area (Å²) in [5.41, 5.74) is 0. The Kier molecular flexibility index (Phi) is 4.93. The van der Waals surface area contributed by atoms with Gasteiger partial charge in [0.2, 0.25) is 5.91 Å². The van der Waals surface area contributed by atoms with Gasteiger partial charge in [-0.05, 0) is 26.7 Å². The van der Waals surface area contributed by atoms with E-state index in [9.17, 15) is 4.79 Å². The Bertz CT molecular complexity index is 716. The molecule has 130 valence electrons. The van der Waals surface area contributed by atoms with Gasteiger partial charge >= 0.3 is 0 Å². The second-order valence-corrected chi connectivity index (χ2v) is 7.63. The first-order chi connectivity index (χ1) is 11.5. The zero-order valence-electron chi connectivity index (χ0n) is 14.6. The molecule has 1 saturated carbocycles. The van der Waals surface area contributed by atoms with Crippen LogP contribution in [0.3, 0.4) is 0 Å². The molecular weight excluding hydrogens is 324 g/mol. The fraction of sp³-hybridized carbons (Fsp3) is 0.625. The van der Waals surface area contributed by atoms with Crippen LogP contribution in [0.15, 0.2) is 17.4 Å². The van der Waals surface area contributed by atoms with Crippen molar-refractivity contribution in [1.29, 1.82) is 0 Å². The van der Waals surface area contributed by atoms with Crippen molar-refractivity contribution in [3.63, 3.8) is 0 Å². The lowest BCUT2D eigenvalue weighted by Crippen LogP contribution is -2.18. The molecule has 2 aromatic rings. The zero-order chi connectivity index (χ0) is 17.3. The molecule has 7 nitrogen and oxygen atoms in total. The van der Waals surface area contributed by atoms with Gasteiger partial charge in [0.1, 0.15) is 11.6 Å². The van der Waals surface area contributed by atoms with Gasteiger partial charge < -0.3 is 9.88 Å². The fourth-order valence-corrected chi connectivity index (χ4v) is 3.40. The third-order valence-electron chi connectivity index (χ3n) is 3.88. The molecule has 1 aliphatic carbocycles. The first-order valence-corrected chi connectivity index (χ1v) is 9.37. The molecule has 3 rings (SSSR count). The summed E-state index contributed by atoms with van der Waals surface area (Å²) in [5, 5.41) is 16.6. The van der Waals surface area contributed by atoms with Crippen LogP contribution in [0.4, 0.5) is 5.82 Å². The van der Waals surface area contributed by atoms with Crippen molar-refractivity contribution >= 4 is 23.5 Å². The van der Waals surface area contributed by atoms with E-state index in [1.54, 1.807) is 10.9 Å². The Hall–Kier alpha value is -1.83. The minimum Gasteiger partial charge on any atom is -0.310 e. The van der Waals surface area contributed by atoms with Crippen molar-refractivity contribution in [2.75, 3.05) is 11.1 Å². The van der Waals surface area contributed by atoms with Crippen LogP contribution < -0.4 is 5.32 Å². The maximum atomic E-state index is 12.3. The number of hydrogen-bond donors (Lipinski definition) is 1. The van der Waals surface area contributed by atoms with E-state index in [1.165, 1.54) is 24.6 Å². The second-order valence-electron chi connectivity index (χ2n) is 6.69. The number of amides is 1. The highest BCUT2D eigenvalue weighted by atomic mass is 32.2. The van der Waals surface area contributed by atoms with Crippen LogP contribution in [0.1, 0.15) is 64.4 Å². The molecule has 0 atom stereocenters. The molecule has 8 heteroatoms. The third kappa shape index (κ3) is 3.63. The molecule has 0 aromatic carbocycles. The molecule has 0 saturated heterocycles. The van der Waals surface area contributed by atoms with Gasteiger partial charge in [-0.15, -0.1) is 10.2 Å². The first kappa shape index (κ1) is 17.0. The highest BCUT2D eigenvalue weighted by molar-refractivity contribution is 7.99. The summed E-state index contributed by atoms with van der Waals surface area (Å²) in [4.78, 5) is 12.3. The van der Waals surface area contributed by atoms with E-state index < -0.39 is 0 Å². The Balaban J connectivity index is 1.63. The van der Waals surface area contributed by atoms with E-state index in [1.807, 2.05) is 19.9 Å². The molecule has 1 amide bonds. The Morgan fingerprint density at radius 2 is 2.08 bits per heavy atom. The van der Waals surface area contributed by atoms with Gasteiger partial charge in [-0.1, -0.05) is 25.6 Å². The number of rotatable bonds is 7. The molecule has 0 spiro atoms. The normalized spacial score (nSPS) is 14.6. The molecular formula is C16H24N6OS. The number of carbonyl (C=O) groups is 1. The van der Waals surface area contributed by atoms with Crippen LogP contribution in [-0.2, 0) is 4.79 Å². The first-order valence-electron chi connectivity index (χ1n) is 8.38. The number of carbonyl (C=O) groups excluding carboxylic acids is 1. The van der Waals surface area contributed by atoms with Crippen molar-refractivity contribution in [3.05, 3.63) is 18.1 Å². The number of aromatic nitrogens is 5. The monoisotopic (exact) mass is 348 g/mol. The molecule has 0 aliphatic heterocycles. The van der Waals surface area contributed by atoms with E-state index in [0.29, 0.717) is 17.7 Å². The van der Waals surface area contributed by atoms with Crippen LogP contribution in [-0.4, -0.2) is 36.2 Å². The Labute approximate surface area is 146 Å². The van der Waals surface area contributed by atoms with E-state index in [-0.39, 0.29) is 11.9 Å². The van der Waals surface area contributed by atoms with Gasteiger partial charge in [-0.2, -0.15) is 5.10 Å². The average Bonchev–Trinajstić information content (AvgIpc) is 3.09. The number of nitrogens with one attached hydrogen (secondary N) is 1. The summed E-state index contributed by atoms with van der Waals surface area (Å²) in [6.45, 7) is 8.31. The average molecular weight is 348 g/mol. The molecule has 1 aliphatic rings. The summed E-state index contributed by atoms with van der Waals surface area (Å²) in [6.07, 6.45) is 4.04. The Morgan fingerprint density at radius 1 is 1.33 bits per heavy atom. The van der Waals surface area contributed by atoms with E-state index >= 15 is 0 Å². The maximum absolute atomic E-state index is 12.3. The van der Waals surface area contributed by atoms with Crippen molar-refractivity contribution in [2.45, 2.75) is 63.7 Å². The summed E-state index contributed by atoms with van der Waals surface area (Å²) in [7, 11) is 0. The number of thioether (sulfide) groups is 1. The molecule has 24 heavy (non-hydrogen) atoms. The largest absolute Gasteiger partial charge is 0.310 e. The van der Waals surface area contributed by atoms with E-state index in [4.69, 9.17) is 0 Å². The standard InChI is InChI=1S/C16H24N6OS/c1-10(2)15-19-20-16(21(15)12-5-6-12)24-9-14(23)18-13-7-8-17-22(13)11(3)4/h7-8,10-12H,5-6,9H2,1-4H3,(H,18,23). The van der Waals surface area contributed by atoms with Crippen molar-refractivity contribution in [3.8, 4) is 0 Å². The summed E-state index contributed by atoms with van der Waals surface area (Å²) < 4.78 is 4.01. The lowest BCUT2D eigenvalue weighted by Gasteiger charge is -2.12. The molecule has 1 N–H and O–H groups in total. The van der Waals surface area contributed by atoms with Crippen LogP contribution in [0.2, 0.25) is 0 Å². The predicted octanol–water partition coefficient (Wildman–Crippen LogP) is 3.24. The van der Waals surface area contributed by atoms with Gasteiger partial charge in [0.15, 0.2) is 5.16 Å². The highest BCUT2D eigenvalue weighted by Gasteiger charge is 2.30. The lowest BCUT2D eigenvalue weighted by atomic mass is 10.2. The third-order valence-corrected chi connectivity index (χ3v) is 4.82. The summed E-state index contributed by atoms with van der Waals surface area (Å²) in [6, 6.07) is 2.52. The molecule has 0 unspecified atom stereocenters. The van der Waals surface area contributed by atoms with Crippen molar-refractivity contribution < 1.29 is 4.79 Å². The van der Waals surface area contributed by atoms with Crippen LogP contribution in [0.25, 0.3) is 0 Å². The number of nitrogens with zero attached hydrogens (tertiary/aromatic N) is 5. The second kappa shape index (κ2) is 6.96. The molecule has 1 fully saturated rings. The van der Waals surface area contributed by atoms with E-state index in [0.717, 1.165) is 16.8 Å². The number of hydrogen-bond acceptors (Lipinski definition) is 5. The van der Waals surface area contributed by atoms with Gasteiger partial charge in [0, 0.05) is 24.1 Å². The van der Waals surface area contributed by atoms with Gasteiger partial charge in [0.05, 0.1) is 11.9 Å². The molecule has 0 bridgehead atoms. The Morgan fingerprint density at radius 3 is 2.71 bits per heavy atom. The van der Waals surface area contributed by atoms with Crippen LogP contribution >= 0.6 is 11.8 Å². The van der Waals surface area contributed by atoms with Crippen LogP contribution in [0, 0.1) is 0 Å². The number of anilines is 1. The van der Waals surface area contributed by atoms with Gasteiger partial charge in [0.25, 0.3) is 0 Å². The molecule has 2 aromatic heterocycles. The van der Waals surface area contributed by atoms with Crippen molar-refractivity contribution in [1.82, 2.24) is 24.5 Å². The van der Waals surface area contributed by atoms with E-state index in [2.05, 4.69) is 39.0 Å². The minimum atomic E-state index is -0.0566. The fourth-order valence-electron chi connectivity index (χ4n) is 2.59.